The van der Waals surface area contributed by atoms with Crippen LogP contribution in [0.2, 0.25) is 0 Å². The summed E-state index contributed by atoms with van der Waals surface area (Å²) in [6.07, 6.45) is -3.28. The molecule has 3 heterocycles. The fourth-order valence-electron chi connectivity index (χ4n) is 3.82. The number of benzene rings is 1. The summed E-state index contributed by atoms with van der Waals surface area (Å²) in [5, 5.41) is 3.39. The summed E-state index contributed by atoms with van der Waals surface area (Å²) >= 11 is 0. The lowest BCUT2D eigenvalue weighted by Gasteiger charge is -2.37. The van der Waals surface area contributed by atoms with Crippen LogP contribution in [-0.2, 0) is 19.3 Å². The molecule has 0 unspecified atom stereocenters. The van der Waals surface area contributed by atoms with E-state index in [9.17, 15) is 18.0 Å². The highest BCUT2D eigenvalue weighted by atomic mass is 19.4. The van der Waals surface area contributed by atoms with E-state index in [-0.39, 0.29) is 12.2 Å². The van der Waals surface area contributed by atoms with E-state index in [0.717, 1.165) is 43.9 Å². The van der Waals surface area contributed by atoms with Crippen LogP contribution in [0.3, 0.4) is 0 Å². The maximum atomic E-state index is 12.6. The molecule has 138 valence electrons. The monoisotopic (exact) mass is 364 g/mol. The van der Waals surface area contributed by atoms with Gasteiger partial charge in [0.1, 0.15) is 12.4 Å². The first-order valence-electron chi connectivity index (χ1n) is 8.64. The normalized spacial score (nSPS) is 22.0. The van der Waals surface area contributed by atoms with Gasteiger partial charge in [-0.25, -0.2) is 0 Å². The largest absolute Gasteiger partial charge is 0.489 e. The molecule has 2 bridgehead atoms. The second-order valence-electron chi connectivity index (χ2n) is 7.01. The van der Waals surface area contributed by atoms with Crippen LogP contribution in [0.15, 0.2) is 41.2 Å². The van der Waals surface area contributed by atoms with Gasteiger partial charge in [-0.2, -0.15) is 13.2 Å². The van der Waals surface area contributed by atoms with E-state index in [0.29, 0.717) is 23.1 Å². The summed E-state index contributed by atoms with van der Waals surface area (Å²) in [6, 6.07) is 8.21. The molecule has 1 saturated heterocycles. The Hall–Kier alpha value is -2.28. The highest BCUT2D eigenvalue weighted by molar-refractivity contribution is 5.29. The van der Waals surface area contributed by atoms with Gasteiger partial charge >= 0.3 is 6.18 Å². The lowest BCUT2D eigenvalue weighted by molar-refractivity contribution is -0.137. The number of piperidine rings is 1. The second kappa shape index (κ2) is 6.46. The molecule has 2 aliphatic heterocycles. The molecule has 1 fully saturated rings. The Morgan fingerprint density at radius 3 is 2.65 bits per heavy atom. The number of alkyl halides is 3. The predicted octanol–water partition coefficient (Wildman–Crippen LogP) is 3.15. The summed E-state index contributed by atoms with van der Waals surface area (Å²) < 4.78 is 45.3. The van der Waals surface area contributed by atoms with Crippen molar-refractivity contribution in [3.05, 3.63) is 63.6 Å². The molecule has 0 saturated carbocycles. The van der Waals surface area contributed by atoms with Gasteiger partial charge in [0.2, 0.25) is 0 Å². The fraction of sp³-hybridized carbons (Fsp3) is 0.421. The molecular weight excluding hydrogens is 345 g/mol. The van der Waals surface area contributed by atoms with Gasteiger partial charge in [0.25, 0.3) is 5.56 Å². The standard InChI is InChI=1S/C19H19F3N2O2/c20-19(21,22)15-3-1-12(2-4-15)11-26-16-6-17-14-5-13(8-23-9-14)10-24(17)18(25)7-16/h1-4,6-7,13-14,23H,5,8-11H2/t13-,14+/m0/s1. The van der Waals surface area contributed by atoms with Crippen molar-refractivity contribution in [3.8, 4) is 5.75 Å². The van der Waals surface area contributed by atoms with Crippen LogP contribution in [-0.4, -0.2) is 17.7 Å². The van der Waals surface area contributed by atoms with Crippen molar-refractivity contribution in [1.29, 1.82) is 0 Å². The van der Waals surface area contributed by atoms with E-state index in [1.54, 1.807) is 0 Å². The van der Waals surface area contributed by atoms with Gasteiger partial charge in [0, 0.05) is 36.8 Å². The van der Waals surface area contributed by atoms with E-state index in [4.69, 9.17) is 4.74 Å². The highest BCUT2D eigenvalue weighted by Crippen LogP contribution is 2.33. The summed E-state index contributed by atoms with van der Waals surface area (Å²) in [5.74, 6) is 1.24. The van der Waals surface area contributed by atoms with Crippen molar-refractivity contribution in [3.63, 3.8) is 0 Å². The van der Waals surface area contributed by atoms with Crippen molar-refractivity contribution >= 4 is 0 Å². The van der Waals surface area contributed by atoms with E-state index in [1.807, 2.05) is 10.6 Å². The van der Waals surface area contributed by atoms with Gasteiger partial charge in [0.05, 0.1) is 5.56 Å². The smallest absolute Gasteiger partial charge is 0.416 e. The molecular formula is C19H19F3N2O2. The average Bonchev–Trinajstić information content (AvgIpc) is 2.61. The predicted molar refractivity (Wildman–Crippen MR) is 90.2 cm³/mol. The molecule has 0 aliphatic carbocycles. The van der Waals surface area contributed by atoms with E-state index < -0.39 is 11.7 Å². The van der Waals surface area contributed by atoms with E-state index >= 15 is 0 Å². The molecule has 2 aromatic rings. The number of hydrogen-bond acceptors (Lipinski definition) is 3. The Morgan fingerprint density at radius 1 is 1.15 bits per heavy atom. The van der Waals surface area contributed by atoms with Crippen LogP contribution in [0.25, 0.3) is 0 Å². The lowest BCUT2D eigenvalue weighted by atomic mass is 9.84. The molecule has 7 heteroatoms. The van der Waals surface area contributed by atoms with Crippen molar-refractivity contribution in [2.45, 2.75) is 31.7 Å². The maximum Gasteiger partial charge on any atom is 0.416 e. The number of pyridine rings is 1. The number of aromatic nitrogens is 1. The Kier molecular flexibility index (Phi) is 4.26. The molecule has 4 nitrogen and oxygen atoms in total. The third-order valence-electron chi connectivity index (χ3n) is 5.12. The molecule has 2 atom stereocenters. The Labute approximate surface area is 148 Å². The van der Waals surface area contributed by atoms with E-state index in [2.05, 4.69) is 5.32 Å². The zero-order valence-corrected chi connectivity index (χ0v) is 14.1. The van der Waals surface area contributed by atoms with Gasteiger partial charge in [0.15, 0.2) is 0 Å². The number of rotatable bonds is 3. The molecule has 0 amide bonds. The third kappa shape index (κ3) is 3.35. The SMILES string of the molecule is O=c1cc(OCc2ccc(C(F)(F)F)cc2)cc2n1C[C@@H]1CNC[C@H]2C1. The van der Waals surface area contributed by atoms with Crippen molar-refractivity contribution in [2.24, 2.45) is 5.92 Å². The molecule has 2 aliphatic rings. The van der Waals surface area contributed by atoms with Crippen LogP contribution < -0.4 is 15.6 Å². The van der Waals surface area contributed by atoms with Gasteiger partial charge in [-0.3, -0.25) is 4.79 Å². The number of nitrogens with one attached hydrogen (secondary N) is 1. The molecule has 4 rings (SSSR count). The minimum absolute atomic E-state index is 0.0819. The van der Waals surface area contributed by atoms with Gasteiger partial charge in [-0.05, 0) is 36.6 Å². The van der Waals surface area contributed by atoms with Crippen LogP contribution in [0.1, 0.15) is 29.2 Å². The van der Waals surface area contributed by atoms with Gasteiger partial charge < -0.3 is 14.6 Å². The number of halogens is 3. The third-order valence-corrected chi connectivity index (χ3v) is 5.12. The second-order valence-corrected chi connectivity index (χ2v) is 7.01. The maximum absolute atomic E-state index is 12.6. The van der Waals surface area contributed by atoms with E-state index in [1.165, 1.54) is 18.2 Å². The number of fused-ring (bicyclic) bond motifs is 4. The molecule has 1 aromatic heterocycles. The van der Waals surface area contributed by atoms with Crippen LogP contribution >= 0.6 is 0 Å². The Morgan fingerprint density at radius 2 is 1.92 bits per heavy atom. The molecule has 1 aromatic carbocycles. The fourth-order valence-corrected chi connectivity index (χ4v) is 3.82. The average molecular weight is 364 g/mol. The first kappa shape index (κ1) is 17.1. The summed E-state index contributed by atoms with van der Waals surface area (Å²) in [4.78, 5) is 12.4. The van der Waals surface area contributed by atoms with Crippen molar-refractivity contribution in [2.75, 3.05) is 13.1 Å². The Bertz CT molecular complexity index is 859. The van der Waals surface area contributed by atoms with Crippen molar-refractivity contribution in [1.82, 2.24) is 9.88 Å². The zero-order valence-electron chi connectivity index (χ0n) is 14.1. The number of nitrogens with zero attached hydrogens (tertiary/aromatic N) is 1. The summed E-state index contributed by atoms with van der Waals surface area (Å²) in [7, 11) is 0. The lowest BCUT2D eigenvalue weighted by Crippen LogP contribution is -2.44. The zero-order chi connectivity index (χ0) is 18.3. The van der Waals surface area contributed by atoms with Crippen LogP contribution in [0, 0.1) is 5.92 Å². The number of hydrogen-bond donors (Lipinski definition) is 1. The molecule has 0 spiro atoms. The summed E-state index contributed by atoms with van der Waals surface area (Å²) in [6.45, 7) is 2.62. The molecule has 1 N–H and O–H groups in total. The van der Waals surface area contributed by atoms with Crippen molar-refractivity contribution < 1.29 is 17.9 Å². The minimum Gasteiger partial charge on any atom is -0.489 e. The minimum atomic E-state index is -4.35. The van der Waals surface area contributed by atoms with Gasteiger partial charge in [-0.15, -0.1) is 0 Å². The Balaban J connectivity index is 1.51. The van der Waals surface area contributed by atoms with Crippen LogP contribution in [0.5, 0.6) is 5.75 Å². The topological polar surface area (TPSA) is 43.3 Å². The number of ether oxygens (including phenoxy) is 1. The highest BCUT2D eigenvalue weighted by Gasteiger charge is 2.31. The summed E-state index contributed by atoms with van der Waals surface area (Å²) in [5.41, 5.74) is 0.827. The first-order valence-corrected chi connectivity index (χ1v) is 8.64. The van der Waals surface area contributed by atoms with Crippen LogP contribution in [0.4, 0.5) is 13.2 Å². The molecule has 0 radical (unpaired) electrons. The first-order chi connectivity index (χ1) is 12.4. The quantitative estimate of drug-likeness (QED) is 0.910. The van der Waals surface area contributed by atoms with Gasteiger partial charge in [-0.1, -0.05) is 12.1 Å². The molecule has 26 heavy (non-hydrogen) atoms.